The Bertz CT molecular complexity index is 830. The van der Waals surface area contributed by atoms with Gasteiger partial charge in [0.05, 0.1) is 24.4 Å². The van der Waals surface area contributed by atoms with Crippen molar-refractivity contribution in [3.63, 3.8) is 0 Å². The van der Waals surface area contributed by atoms with E-state index in [4.69, 9.17) is 4.74 Å². The van der Waals surface area contributed by atoms with Crippen LogP contribution in [0.5, 0.6) is 0 Å². The van der Waals surface area contributed by atoms with Crippen LogP contribution in [0.1, 0.15) is 39.9 Å². The Balaban J connectivity index is 1.85. The minimum atomic E-state index is -0.300. The van der Waals surface area contributed by atoms with Crippen molar-refractivity contribution in [1.82, 2.24) is 0 Å². The molecule has 0 bridgehead atoms. The summed E-state index contributed by atoms with van der Waals surface area (Å²) < 4.78 is 6.06. The van der Waals surface area contributed by atoms with Gasteiger partial charge in [0, 0.05) is 10.4 Å². The maximum Gasteiger partial charge on any atom is 0.339 e. The van der Waals surface area contributed by atoms with Crippen LogP contribution in [0.25, 0.3) is 0 Å². The number of rotatable bonds is 2. The molecule has 122 valence electrons. The summed E-state index contributed by atoms with van der Waals surface area (Å²) in [5, 5.41) is 3.64. The minimum absolute atomic E-state index is 0.152. The van der Waals surface area contributed by atoms with Crippen molar-refractivity contribution < 1.29 is 9.53 Å². The van der Waals surface area contributed by atoms with Crippen molar-refractivity contribution >= 4 is 27.6 Å². The molecule has 2 aromatic rings. The normalized spacial score (nSPS) is 24.0. The van der Waals surface area contributed by atoms with Crippen LogP contribution in [0.15, 0.2) is 59.1 Å². The number of para-hydroxylation sites is 1. The second kappa shape index (κ2) is 6.10. The number of allylic oxidation sites excluding steroid dienone is 2. The molecule has 0 amide bonds. The molecule has 2 aliphatic rings. The second-order valence-electron chi connectivity index (χ2n) is 6.26. The predicted molar refractivity (Wildman–Crippen MR) is 98.3 cm³/mol. The average Bonchev–Trinajstić information content (AvgIpc) is 3.10. The first-order chi connectivity index (χ1) is 11.7. The number of carbonyl (C=O) groups is 1. The molecule has 1 aliphatic heterocycles. The molecule has 24 heavy (non-hydrogen) atoms. The van der Waals surface area contributed by atoms with Crippen molar-refractivity contribution in [2.45, 2.75) is 18.4 Å². The van der Waals surface area contributed by atoms with E-state index < -0.39 is 0 Å². The molecule has 1 aliphatic carbocycles. The van der Waals surface area contributed by atoms with E-state index in [2.05, 4.69) is 57.7 Å². The third kappa shape index (κ3) is 2.37. The summed E-state index contributed by atoms with van der Waals surface area (Å²) in [4.78, 5) is 12.2. The number of methoxy groups -OCH3 is 1. The summed E-state index contributed by atoms with van der Waals surface area (Å²) >= 11 is 3.68. The summed E-state index contributed by atoms with van der Waals surface area (Å²) in [6, 6.07) is 14.3. The van der Waals surface area contributed by atoms with E-state index in [-0.39, 0.29) is 12.0 Å². The van der Waals surface area contributed by atoms with Crippen LogP contribution in [-0.2, 0) is 4.74 Å². The van der Waals surface area contributed by atoms with Crippen LogP contribution in [-0.4, -0.2) is 13.1 Å². The number of carbonyl (C=O) groups excluding carboxylic acids is 1. The van der Waals surface area contributed by atoms with Crippen molar-refractivity contribution in [3.8, 4) is 0 Å². The second-order valence-corrected chi connectivity index (χ2v) is 7.11. The van der Waals surface area contributed by atoms with Gasteiger partial charge in [0.25, 0.3) is 0 Å². The summed E-state index contributed by atoms with van der Waals surface area (Å²) in [5.74, 6) is 0.470. The van der Waals surface area contributed by atoms with E-state index in [0.717, 1.165) is 16.6 Å². The highest BCUT2D eigenvalue weighted by Crippen LogP contribution is 2.51. The van der Waals surface area contributed by atoms with E-state index in [0.29, 0.717) is 17.4 Å². The Morgan fingerprint density at radius 3 is 2.75 bits per heavy atom. The van der Waals surface area contributed by atoms with Crippen molar-refractivity contribution in [2.24, 2.45) is 5.92 Å². The van der Waals surface area contributed by atoms with Crippen LogP contribution in [0.4, 0.5) is 5.69 Å². The SMILES string of the molecule is COC(=O)c1cccc2c1N[C@H](c1ccccc1Br)[C@H]1CC=C[C@H]21. The molecule has 2 aromatic carbocycles. The number of anilines is 1. The highest BCUT2D eigenvalue weighted by atomic mass is 79.9. The van der Waals surface area contributed by atoms with Gasteiger partial charge < -0.3 is 10.1 Å². The topological polar surface area (TPSA) is 38.3 Å². The Morgan fingerprint density at radius 1 is 1.17 bits per heavy atom. The Kier molecular flexibility index (Phi) is 3.93. The van der Waals surface area contributed by atoms with Gasteiger partial charge in [0.2, 0.25) is 0 Å². The summed E-state index contributed by atoms with van der Waals surface area (Å²) in [5.41, 5.74) is 3.91. The monoisotopic (exact) mass is 383 g/mol. The largest absolute Gasteiger partial charge is 0.465 e. The van der Waals surface area contributed by atoms with Crippen LogP contribution >= 0.6 is 15.9 Å². The quantitative estimate of drug-likeness (QED) is 0.581. The van der Waals surface area contributed by atoms with Gasteiger partial charge in [-0.2, -0.15) is 0 Å². The van der Waals surface area contributed by atoms with Crippen LogP contribution in [0, 0.1) is 5.92 Å². The van der Waals surface area contributed by atoms with Gasteiger partial charge in [0.15, 0.2) is 0 Å². The number of fused-ring (bicyclic) bond motifs is 3. The molecule has 1 heterocycles. The lowest BCUT2D eigenvalue weighted by molar-refractivity contribution is 0.0601. The van der Waals surface area contributed by atoms with E-state index >= 15 is 0 Å². The van der Waals surface area contributed by atoms with Gasteiger partial charge in [-0.05, 0) is 35.6 Å². The molecule has 4 rings (SSSR count). The fourth-order valence-corrected chi connectivity index (χ4v) is 4.47. The molecule has 1 N–H and O–H groups in total. The van der Waals surface area contributed by atoms with Gasteiger partial charge in [-0.3, -0.25) is 0 Å². The molecule has 0 fully saturated rings. The van der Waals surface area contributed by atoms with E-state index in [9.17, 15) is 4.79 Å². The Morgan fingerprint density at radius 2 is 1.96 bits per heavy atom. The fourth-order valence-electron chi connectivity index (χ4n) is 3.94. The Hall–Kier alpha value is -2.07. The highest BCUT2D eigenvalue weighted by Gasteiger charge is 2.39. The van der Waals surface area contributed by atoms with Gasteiger partial charge in [-0.15, -0.1) is 0 Å². The maximum atomic E-state index is 12.2. The van der Waals surface area contributed by atoms with Crippen molar-refractivity contribution in [1.29, 1.82) is 0 Å². The number of halogens is 1. The Labute approximate surface area is 149 Å². The number of benzene rings is 2. The lowest BCUT2D eigenvalue weighted by Crippen LogP contribution is -2.30. The molecule has 4 heteroatoms. The first-order valence-electron chi connectivity index (χ1n) is 8.09. The van der Waals surface area contributed by atoms with Gasteiger partial charge in [0.1, 0.15) is 0 Å². The van der Waals surface area contributed by atoms with Crippen molar-refractivity contribution in [3.05, 3.63) is 75.8 Å². The van der Waals surface area contributed by atoms with E-state index in [1.165, 1.54) is 18.2 Å². The van der Waals surface area contributed by atoms with Crippen LogP contribution < -0.4 is 5.32 Å². The highest BCUT2D eigenvalue weighted by molar-refractivity contribution is 9.10. The average molecular weight is 384 g/mol. The molecule has 0 radical (unpaired) electrons. The molecule has 3 atom stereocenters. The fraction of sp³-hybridized carbons (Fsp3) is 0.250. The zero-order chi connectivity index (χ0) is 16.7. The minimum Gasteiger partial charge on any atom is -0.465 e. The zero-order valence-electron chi connectivity index (χ0n) is 13.3. The third-order valence-electron chi connectivity index (χ3n) is 5.04. The summed E-state index contributed by atoms with van der Waals surface area (Å²) in [6.07, 6.45) is 5.56. The number of hydrogen-bond acceptors (Lipinski definition) is 3. The lowest BCUT2D eigenvalue weighted by Gasteiger charge is -2.38. The molecule has 0 saturated heterocycles. The van der Waals surface area contributed by atoms with Crippen molar-refractivity contribution in [2.75, 3.05) is 12.4 Å². The van der Waals surface area contributed by atoms with Crippen LogP contribution in [0.2, 0.25) is 0 Å². The number of ether oxygens (including phenoxy) is 1. The number of nitrogens with one attached hydrogen (secondary N) is 1. The molecule has 0 unspecified atom stereocenters. The molecule has 0 aromatic heterocycles. The van der Waals surface area contributed by atoms with Gasteiger partial charge >= 0.3 is 5.97 Å². The molecule has 3 nitrogen and oxygen atoms in total. The molecule has 0 saturated carbocycles. The summed E-state index contributed by atoms with van der Waals surface area (Å²) in [7, 11) is 1.42. The standard InChI is InChI=1S/C20H18BrNO2/c1-24-20(23)16-10-5-9-14-12-7-4-8-13(12)18(22-19(14)16)15-6-2-3-11-17(15)21/h2-7,9-13,18,22H,8H2,1H3/t12-,13-,18-/m0/s1. The van der Waals surface area contributed by atoms with Gasteiger partial charge in [-0.25, -0.2) is 4.79 Å². The molecular weight excluding hydrogens is 366 g/mol. The number of esters is 1. The van der Waals surface area contributed by atoms with E-state index in [1.54, 1.807) is 0 Å². The summed E-state index contributed by atoms with van der Waals surface area (Å²) in [6.45, 7) is 0. The first kappa shape index (κ1) is 15.5. The lowest BCUT2D eigenvalue weighted by atomic mass is 9.76. The zero-order valence-corrected chi connectivity index (χ0v) is 14.9. The molecule has 0 spiro atoms. The third-order valence-corrected chi connectivity index (χ3v) is 5.76. The number of hydrogen-bond donors (Lipinski definition) is 1. The van der Waals surface area contributed by atoms with Gasteiger partial charge in [-0.1, -0.05) is 58.4 Å². The first-order valence-corrected chi connectivity index (χ1v) is 8.89. The maximum absolute atomic E-state index is 12.2. The smallest absolute Gasteiger partial charge is 0.339 e. The predicted octanol–water partition coefficient (Wildman–Crippen LogP) is 5.06. The van der Waals surface area contributed by atoms with Crippen LogP contribution in [0.3, 0.4) is 0 Å². The molecular formula is C20H18BrNO2. The van der Waals surface area contributed by atoms with E-state index in [1.807, 2.05) is 18.2 Å².